The van der Waals surface area contributed by atoms with E-state index in [-0.39, 0.29) is 23.2 Å². The van der Waals surface area contributed by atoms with E-state index in [1.54, 1.807) is 0 Å². The summed E-state index contributed by atoms with van der Waals surface area (Å²) in [4.78, 5) is 11.7. The molecule has 0 aromatic heterocycles. The van der Waals surface area contributed by atoms with Gasteiger partial charge in [0.1, 0.15) is 6.10 Å². The summed E-state index contributed by atoms with van der Waals surface area (Å²) in [6.45, 7) is 13.1. The van der Waals surface area contributed by atoms with Gasteiger partial charge >= 0.3 is 5.97 Å². The first-order chi connectivity index (χ1) is 9.56. The van der Waals surface area contributed by atoms with Gasteiger partial charge in [0.15, 0.2) is 8.32 Å². The minimum absolute atomic E-state index is 0.0624. The highest BCUT2D eigenvalue weighted by Gasteiger charge is 2.38. The van der Waals surface area contributed by atoms with Crippen LogP contribution in [0.5, 0.6) is 0 Å². The fraction of sp³-hybridized carbons (Fsp3) is 0.688. The molecule has 0 aromatic rings. The van der Waals surface area contributed by atoms with E-state index in [9.17, 15) is 4.79 Å². The molecule has 5 heteroatoms. The van der Waals surface area contributed by atoms with E-state index in [0.29, 0.717) is 6.42 Å². The zero-order chi connectivity index (χ0) is 16.3. The van der Waals surface area contributed by atoms with Gasteiger partial charge in [0.2, 0.25) is 0 Å². The first-order valence-corrected chi connectivity index (χ1v) is 11.6. The molecule has 1 aliphatic heterocycles. The van der Waals surface area contributed by atoms with Crippen LogP contribution in [0.3, 0.4) is 0 Å². The second-order valence-corrected chi connectivity index (χ2v) is 12.6. The molecular formula is C16H27IO3Si. The quantitative estimate of drug-likeness (QED) is 0.344. The van der Waals surface area contributed by atoms with Gasteiger partial charge in [-0.25, -0.2) is 4.79 Å². The molecular weight excluding hydrogens is 395 g/mol. The van der Waals surface area contributed by atoms with Crippen molar-refractivity contribution in [3.63, 3.8) is 0 Å². The first kappa shape index (κ1) is 18.9. The minimum atomic E-state index is -1.80. The summed E-state index contributed by atoms with van der Waals surface area (Å²) in [5, 5.41) is 0.185. The summed E-state index contributed by atoms with van der Waals surface area (Å²) in [5.41, 5.74) is 0.785. The molecule has 0 unspecified atom stereocenters. The maximum atomic E-state index is 11.7. The second-order valence-electron chi connectivity index (χ2n) is 7.08. The lowest BCUT2D eigenvalue weighted by atomic mass is 10.1. The number of hydrogen-bond donors (Lipinski definition) is 0. The highest BCUT2D eigenvalue weighted by atomic mass is 127. The van der Waals surface area contributed by atoms with Crippen molar-refractivity contribution < 1.29 is 14.0 Å². The van der Waals surface area contributed by atoms with Crippen molar-refractivity contribution in [1.82, 2.24) is 0 Å². The van der Waals surface area contributed by atoms with E-state index < -0.39 is 8.32 Å². The van der Waals surface area contributed by atoms with Crippen LogP contribution in [0.25, 0.3) is 0 Å². The molecule has 0 N–H and O–H groups in total. The van der Waals surface area contributed by atoms with E-state index in [0.717, 1.165) is 12.0 Å². The summed E-state index contributed by atoms with van der Waals surface area (Å²) < 4.78 is 13.6. The van der Waals surface area contributed by atoms with Crippen LogP contribution < -0.4 is 0 Å². The molecule has 120 valence electrons. The average Bonchev–Trinajstić information content (AvgIpc) is 2.63. The molecule has 0 saturated heterocycles. The van der Waals surface area contributed by atoms with Crippen LogP contribution >= 0.6 is 22.6 Å². The van der Waals surface area contributed by atoms with Crippen LogP contribution in [0, 0.1) is 0 Å². The summed E-state index contributed by atoms with van der Waals surface area (Å²) in [5.74, 6) is -0.174. The Kier molecular flexibility index (Phi) is 6.68. The van der Waals surface area contributed by atoms with Crippen molar-refractivity contribution in [1.29, 1.82) is 0 Å². The van der Waals surface area contributed by atoms with Gasteiger partial charge in [-0.05, 0) is 48.1 Å². The van der Waals surface area contributed by atoms with Crippen LogP contribution in [0.4, 0.5) is 0 Å². The number of hydrogen-bond acceptors (Lipinski definition) is 3. The van der Waals surface area contributed by atoms with E-state index >= 15 is 0 Å². The molecule has 21 heavy (non-hydrogen) atoms. The van der Waals surface area contributed by atoms with Crippen molar-refractivity contribution >= 4 is 36.9 Å². The number of cyclic esters (lactones) is 1. The number of rotatable bonds is 6. The number of esters is 1. The van der Waals surface area contributed by atoms with Crippen LogP contribution in [0.1, 0.15) is 40.5 Å². The molecule has 2 atom stereocenters. The van der Waals surface area contributed by atoms with E-state index in [4.69, 9.17) is 9.16 Å². The average molecular weight is 422 g/mol. The molecule has 0 radical (unpaired) electrons. The maximum absolute atomic E-state index is 11.7. The first-order valence-electron chi connectivity index (χ1n) is 7.43. The lowest BCUT2D eigenvalue weighted by Gasteiger charge is -2.38. The Morgan fingerprint density at radius 2 is 2.10 bits per heavy atom. The third-order valence-corrected chi connectivity index (χ3v) is 9.15. The fourth-order valence-corrected chi connectivity index (χ4v) is 3.71. The van der Waals surface area contributed by atoms with Gasteiger partial charge < -0.3 is 9.16 Å². The number of carbonyl (C=O) groups is 1. The van der Waals surface area contributed by atoms with Crippen LogP contribution in [0.15, 0.2) is 21.8 Å². The lowest BCUT2D eigenvalue weighted by Crippen LogP contribution is -2.43. The molecule has 0 aliphatic carbocycles. The maximum Gasteiger partial charge on any atom is 0.334 e. The normalized spacial score (nSPS) is 21.6. The molecule has 0 amide bonds. The predicted octanol–water partition coefficient (Wildman–Crippen LogP) is 4.98. The van der Waals surface area contributed by atoms with Gasteiger partial charge in [-0.2, -0.15) is 0 Å². The molecule has 1 aliphatic rings. The second kappa shape index (κ2) is 7.42. The monoisotopic (exact) mass is 422 g/mol. The molecule has 3 nitrogen and oxygen atoms in total. The summed E-state index contributed by atoms with van der Waals surface area (Å²) in [6, 6.07) is 0. The Morgan fingerprint density at radius 3 is 2.52 bits per heavy atom. The van der Waals surface area contributed by atoms with E-state index in [1.165, 1.54) is 0 Å². The number of halogens is 1. The zero-order valence-electron chi connectivity index (χ0n) is 13.9. The standard InChI is InChI=1S/C16H27IO3Si/c1-12-11-13(15(18)19-12)7-8-14(9-10-17)20-21(5,6)16(2,3)4/h9-12,14H,7-8H2,1-6H3/b10-9+/t12-,14-/m0/s1. The Bertz CT molecular complexity index is 435. The topological polar surface area (TPSA) is 35.5 Å². The van der Waals surface area contributed by atoms with Crippen molar-refractivity contribution in [2.75, 3.05) is 0 Å². The highest BCUT2D eigenvalue weighted by Crippen LogP contribution is 2.38. The molecule has 1 heterocycles. The van der Waals surface area contributed by atoms with Gasteiger partial charge in [0, 0.05) is 5.57 Å². The summed E-state index contributed by atoms with van der Waals surface area (Å²) in [6.07, 6.45) is 5.51. The predicted molar refractivity (Wildman–Crippen MR) is 98.1 cm³/mol. The van der Waals surface area contributed by atoms with Crippen LogP contribution in [-0.4, -0.2) is 26.5 Å². The van der Waals surface area contributed by atoms with Crippen molar-refractivity contribution in [2.24, 2.45) is 0 Å². The van der Waals surface area contributed by atoms with Crippen molar-refractivity contribution in [3.8, 4) is 0 Å². The molecule has 0 spiro atoms. The molecule has 1 rings (SSSR count). The Morgan fingerprint density at radius 1 is 1.48 bits per heavy atom. The van der Waals surface area contributed by atoms with Crippen molar-refractivity contribution in [2.45, 2.75) is 70.9 Å². The molecule has 0 bridgehead atoms. The molecule has 0 saturated carbocycles. The number of ether oxygens (including phenoxy) is 1. The summed E-state index contributed by atoms with van der Waals surface area (Å²) >= 11 is 2.22. The van der Waals surface area contributed by atoms with Gasteiger partial charge in [0.05, 0.1) is 6.10 Å². The van der Waals surface area contributed by atoms with Crippen molar-refractivity contribution in [3.05, 3.63) is 21.8 Å². The molecule has 0 aromatic carbocycles. The van der Waals surface area contributed by atoms with E-state index in [1.807, 2.05) is 17.1 Å². The Labute approximate surface area is 143 Å². The third-order valence-electron chi connectivity index (χ3n) is 4.23. The smallest absolute Gasteiger partial charge is 0.334 e. The van der Waals surface area contributed by atoms with Gasteiger partial charge in [-0.3, -0.25) is 0 Å². The largest absolute Gasteiger partial charge is 0.455 e. The molecule has 0 fully saturated rings. The minimum Gasteiger partial charge on any atom is -0.455 e. The van der Waals surface area contributed by atoms with Gasteiger partial charge in [0.25, 0.3) is 0 Å². The number of carbonyl (C=O) groups excluding carboxylic acids is 1. The van der Waals surface area contributed by atoms with E-state index in [2.05, 4.69) is 62.5 Å². The highest BCUT2D eigenvalue weighted by molar-refractivity contribution is 14.1. The lowest BCUT2D eigenvalue weighted by molar-refractivity contribution is -0.139. The Balaban J connectivity index is 2.67. The van der Waals surface area contributed by atoms with Crippen LogP contribution in [-0.2, 0) is 14.0 Å². The van der Waals surface area contributed by atoms with Crippen LogP contribution in [0.2, 0.25) is 18.1 Å². The van der Waals surface area contributed by atoms with Gasteiger partial charge in [-0.1, -0.05) is 49.4 Å². The summed E-state index contributed by atoms with van der Waals surface area (Å²) in [7, 11) is -1.80. The SMILES string of the molecule is C[C@H]1C=C(CC[C@@H](/C=C/I)O[Si](C)(C)C(C)(C)C)C(=O)O1. The Hall–Kier alpha value is -0.143. The fourth-order valence-electron chi connectivity index (χ4n) is 1.94. The third kappa shape index (κ3) is 5.52. The zero-order valence-corrected chi connectivity index (χ0v) is 17.1. The van der Waals surface area contributed by atoms with Gasteiger partial charge in [-0.15, -0.1) is 0 Å².